The molecule has 0 bridgehead atoms. The van der Waals surface area contributed by atoms with Gasteiger partial charge in [0.15, 0.2) is 0 Å². The normalized spacial score (nSPS) is 11.5. The molecule has 0 saturated heterocycles. The molecule has 0 heterocycles. The number of amides is 1. The van der Waals surface area contributed by atoms with E-state index in [1.54, 1.807) is 67.8 Å². The van der Waals surface area contributed by atoms with E-state index in [0.717, 1.165) is 29.7 Å². The van der Waals surface area contributed by atoms with Gasteiger partial charge in [-0.25, -0.2) is 0 Å². The summed E-state index contributed by atoms with van der Waals surface area (Å²) in [5, 5.41) is 23.5. The van der Waals surface area contributed by atoms with Crippen molar-refractivity contribution >= 4 is 23.5 Å². The van der Waals surface area contributed by atoms with Crippen LogP contribution in [0.15, 0.2) is 97.1 Å². The van der Waals surface area contributed by atoms with Crippen molar-refractivity contribution in [2.45, 2.75) is 64.6 Å². The monoisotopic (exact) mass is 682 g/mol. The Morgan fingerprint density at radius 2 is 1.30 bits per heavy atom. The number of aliphatic hydroxyl groups excluding tert-OH is 1. The van der Waals surface area contributed by atoms with Crippen molar-refractivity contribution in [3.05, 3.63) is 119 Å². The van der Waals surface area contributed by atoms with Crippen LogP contribution < -0.4 is 19.5 Å². The summed E-state index contributed by atoms with van der Waals surface area (Å²) in [7, 11) is 1.58. The third kappa shape index (κ3) is 12.7. The van der Waals surface area contributed by atoms with Crippen molar-refractivity contribution in [1.82, 2.24) is 4.90 Å². The van der Waals surface area contributed by atoms with Crippen LogP contribution in [-0.4, -0.2) is 53.2 Å². The van der Waals surface area contributed by atoms with Gasteiger partial charge in [-0.2, -0.15) is 0 Å². The summed E-state index contributed by atoms with van der Waals surface area (Å²) >= 11 is 0. The summed E-state index contributed by atoms with van der Waals surface area (Å²) in [4.78, 5) is 38.2. The molecule has 0 aliphatic rings. The Morgan fingerprint density at radius 3 is 1.92 bits per heavy atom. The second-order valence-corrected chi connectivity index (χ2v) is 12.1. The van der Waals surface area contributed by atoms with Crippen LogP contribution in [0.25, 0.3) is 0 Å². The van der Waals surface area contributed by atoms with Gasteiger partial charge in [-0.1, -0.05) is 81.1 Å². The van der Waals surface area contributed by atoms with Gasteiger partial charge in [0, 0.05) is 12.2 Å². The molecule has 264 valence electrons. The number of carbonyl (C=O) groups excluding carboxylic acids is 2. The number of hydrogen-bond acceptors (Lipinski definition) is 8. The summed E-state index contributed by atoms with van der Waals surface area (Å²) in [6.07, 6.45) is 4.92. The second-order valence-electron chi connectivity index (χ2n) is 12.1. The van der Waals surface area contributed by atoms with Crippen molar-refractivity contribution < 1.29 is 38.8 Å². The Kier molecular flexibility index (Phi) is 14.8. The zero-order chi connectivity index (χ0) is 35.7. The molecule has 1 atom stereocenters. The van der Waals surface area contributed by atoms with Gasteiger partial charge < -0.3 is 29.7 Å². The van der Waals surface area contributed by atoms with Gasteiger partial charge in [0.2, 0.25) is 5.91 Å². The van der Waals surface area contributed by atoms with E-state index in [4.69, 9.17) is 14.2 Å². The summed E-state index contributed by atoms with van der Waals surface area (Å²) < 4.78 is 16.5. The zero-order valence-corrected chi connectivity index (χ0v) is 28.7. The van der Waals surface area contributed by atoms with Crippen LogP contribution in [0.3, 0.4) is 0 Å². The predicted octanol–water partition coefficient (Wildman–Crippen LogP) is 6.95. The highest BCUT2D eigenvalue weighted by Crippen LogP contribution is 2.24. The third-order valence-electron chi connectivity index (χ3n) is 8.03. The number of methoxy groups -OCH3 is 1. The van der Waals surface area contributed by atoms with Gasteiger partial charge in [-0.3, -0.25) is 19.3 Å². The molecule has 1 unspecified atom stereocenters. The molecule has 0 fully saturated rings. The zero-order valence-electron chi connectivity index (χ0n) is 28.7. The number of esters is 1. The second kappa shape index (κ2) is 19.7. The van der Waals surface area contributed by atoms with Crippen LogP contribution in [0.1, 0.15) is 67.5 Å². The highest BCUT2D eigenvalue weighted by Gasteiger charge is 2.21. The minimum absolute atomic E-state index is 0.1000. The minimum Gasteiger partial charge on any atom is -0.497 e. The molecule has 50 heavy (non-hydrogen) atoms. The molecule has 0 spiro atoms. The molecule has 0 aliphatic heterocycles. The molecule has 0 radical (unpaired) electrons. The van der Waals surface area contributed by atoms with E-state index in [1.165, 1.54) is 24.2 Å². The molecule has 4 aromatic carbocycles. The quantitative estimate of drug-likeness (QED) is 0.0392. The highest BCUT2D eigenvalue weighted by molar-refractivity contribution is 5.92. The number of aliphatic carboxylic acids is 1. The first-order valence-electron chi connectivity index (χ1n) is 16.9. The number of hydrogen-bond donors (Lipinski definition) is 3. The standard InChI is InChI=1S/C40H46N2O8/c1-3-4-5-6-7-24-49-35-20-10-30(11-21-35)26-39(46)50-36-22-12-31(13-23-36)27-42(28-38(44)45)40(47)32-14-16-33(17-15-32)41-37(43)25-29-8-18-34(48-2)19-9-29/h8-23,40,47H,3-7,24-28H2,1-2H3,(H,41,43)(H,44,45). The number of benzene rings is 4. The van der Waals surface area contributed by atoms with Gasteiger partial charge in [0.05, 0.1) is 33.1 Å². The Morgan fingerprint density at radius 1 is 0.720 bits per heavy atom. The van der Waals surface area contributed by atoms with Crippen molar-refractivity contribution in [2.24, 2.45) is 0 Å². The number of rotatable bonds is 20. The molecule has 0 saturated carbocycles. The number of carboxylic acids is 1. The summed E-state index contributed by atoms with van der Waals surface area (Å²) in [6, 6.07) is 28.0. The SMILES string of the molecule is CCCCCCCOc1ccc(CC(=O)Oc2ccc(CN(CC(=O)O)C(O)c3ccc(NC(=O)Cc4ccc(OC)cc4)cc3)cc2)cc1. The number of aliphatic hydroxyl groups is 1. The van der Waals surface area contributed by atoms with Crippen molar-refractivity contribution in [2.75, 3.05) is 25.6 Å². The van der Waals surface area contributed by atoms with E-state index in [9.17, 15) is 24.6 Å². The van der Waals surface area contributed by atoms with Gasteiger partial charge >= 0.3 is 11.9 Å². The van der Waals surface area contributed by atoms with Gasteiger partial charge in [-0.05, 0) is 77.2 Å². The molecule has 4 aromatic rings. The van der Waals surface area contributed by atoms with E-state index >= 15 is 0 Å². The van der Waals surface area contributed by atoms with Gasteiger partial charge in [0.1, 0.15) is 23.5 Å². The Bertz CT molecular complexity index is 1640. The van der Waals surface area contributed by atoms with E-state index in [0.29, 0.717) is 34.9 Å². The molecule has 0 aliphatic carbocycles. The molecular formula is C40H46N2O8. The number of nitrogens with one attached hydrogen (secondary N) is 1. The van der Waals surface area contributed by atoms with Crippen molar-refractivity contribution in [3.63, 3.8) is 0 Å². The minimum atomic E-state index is -1.23. The Balaban J connectivity index is 1.26. The van der Waals surface area contributed by atoms with Crippen molar-refractivity contribution in [1.29, 1.82) is 0 Å². The average molecular weight is 683 g/mol. The van der Waals surface area contributed by atoms with Crippen LogP contribution in [0.2, 0.25) is 0 Å². The number of anilines is 1. The average Bonchev–Trinajstić information content (AvgIpc) is 3.11. The maximum Gasteiger partial charge on any atom is 0.317 e. The molecular weight excluding hydrogens is 636 g/mol. The topological polar surface area (TPSA) is 135 Å². The smallest absolute Gasteiger partial charge is 0.317 e. The number of carbonyl (C=O) groups is 3. The van der Waals surface area contributed by atoms with E-state index < -0.39 is 24.7 Å². The van der Waals surface area contributed by atoms with E-state index in [-0.39, 0.29) is 25.3 Å². The summed E-state index contributed by atoms with van der Waals surface area (Å²) in [5.74, 6) is 0.132. The number of unbranched alkanes of at least 4 members (excludes halogenated alkanes) is 4. The molecule has 0 aromatic heterocycles. The van der Waals surface area contributed by atoms with Crippen LogP contribution in [0.5, 0.6) is 17.2 Å². The highest BCUT2D eigenvalue weighted by atomic mass is 16.5. The summed E-state index contributed by atoms with van der Waals surface area (Å²) in [6.45, 7) is 2.57. The number of ether oxygens (including phenoxy) is 3. The lowest BCUT2D eigenvalue weighted by molar-refractivity contribution is -0.142. The first kappa shape index (κ1) is 37.6. The van der Waals surface area contributed by atoms with Gasteiger partial charge in [-0.15, -0.1) is 0 Å². The van der Waals surface area contributed by atoms with E-state index in [2.05, 4.69) is 12.2 Å². The van der Waals surface area contributed by atoms with Crippen LogP contribution >= 0.6 is 0 Å². The van der Waals surface area contributed by atoms with Crippen LogP contribution in [-0.2, 0) is 33.8 Å². The first-order valence-corrected chi connectivity index (χ1v) is 16.9. The van der Waals surface area contributed by atoms with Crippen LogP contribution in [0.4, 0.5) is 5.69 Å². The fourth-order valence-electron chi connectivity index (χ4n) is 5.32. The Hall–Kier alpha value is -5.19. The summed E-state index contributed by atoms with van der Waals surface area (Å²) in [5.41, 5.74) is 3.37. The number of carboxylic acid groups (broad SMARTS) is 1. The maximum atomic E-state index is 12.6. The lowest BCUT2D eigenvalue weighted by Crippen LogP contribution is -2.33. The molecule has 10 nitrogen and oxygen atoms in total. The maximum absolute atomic E-state index is 12.6. The van der Waals surface area contributed by atoms with Gasteiger partial charge in [0.25, 0.3) is 0 Å². The van der Waals surface area contributed by atoms with Crippen molar-refractivity contribution in [3.8, 4) is 17.2 Å². The lowest BCUT2D eigenvalue weighted by atomic mass is 10.1. The third-order valence-corrected chi connectivity index (χ3v) is 8.03. The Labute approximate surface area is 293 Å². The molecule has 10 heteroatoms. The fourth-order valence-corrected chi connectivity index (χ4v) is 5.32. The molecule has 4 rings (SSSR count). The molecule has 1 amide bonds. The van der Waals surface area contributed by atoms with Crippen LogP contribution in [0, 0.1) is 0 Å². The predicted molar refractivity (Wildman–Crippen MR) is 191 cm³/mol. The lowest BCUT2D eigenvalue weighted by Gasteiger charge is -2.27. The number of nitrogens with zero attached hydrogens (tertiary/aromatic N) is 1. The molecule has 3 N–H and O–H groups in total. The fraction of sp³-hybridized carbons (Fsp3) is 0.325. The first-order chi connectivity index (χ1) is 24.2. The van der Waals surface area contributed by atoms with E-state index in [1.807, 2.05) is 36.4 Å². The largest absolute Gasteiger partial charge is 0.497 e.